The summed E-state index contributed by atoms with van der Waals surface area (Å²) >= 11 is 5.92. The van der Waals surface area contributed by atoms with Crippen molar-refractivity contribution in [1.29, 1.82) is 0 Å². The fourth-order valence-corrected chi connectivity index (χ4v) is 2.87. The van der Waals surface area contributed by atoms with Gasteiger partial charge < -0.3 is 10.1 Å². The van der Waals surface area contributed by atoms with E-state index in [1.54, 1.807) is 49.5 Å². The first-order chi connectivity index (χ1) is 13.5. The molecule has 8 heteroatoms. The van der Waals surface area contributed by atoms with E-state index in [0.29, 0.717) is 16.1 Å². The van der Waals surface area contributed by atoms with Crippen LogP contribution in [0, 0.1) is 0 Å². The Balaban J connectivity index is 1.99. The number of hydrogen-bond donors (Lipinski definition) is 1. The van der Waals surface area contributed by atoms with Gasteiger partial charge in [-0.3, -0.25) is 19.0 Å². The second kappa shape index (κ2) is 8.67. The minimum atomic E-state index is -0.645. The van der Waals surface area contributed by atoms with Crippen LogP contribution in [0.4, 0.5) is 0 Å². The zero-order chi connectivity index (χ0) is 20.1. The van der Waals surface area contributed by atoms with Crippen molar-refractivity contribution in [1.82, 2.24) is 14.9 Å². The maximum absolute atomic E-state index is 13.0. The average molecular weight is 400 g/mol. The van der Waals surface area contributed by atoms with E-state index in [1.807, 2.05) is 0 Å². The van der Waals surface area contributed by atoms with E-state index in [1.165, 1.54) is 10.6 Å². The lowest BCUT2D eigenvalue weighted by Gasteiger charge is -2.12. The molecular formula is C20H18ClN3O4. The SMILES string of the molecule is CCOC(=O)CNC(=O)c1cc2cccnc2n(Cc2ccc(Cl)cc2)c1=O. The lowest BCUT2D eigenvalue weighted by molar-refractivity contribution is -0.141. The van der Waals surface area contributed by atoms with Crippen LogP contribution < -0.4 is 10.9 Å². The molecule has 0 aliphatic carbocycles. The van der Waals surface area contributed by atoms with Crippen LogP contribution in [0.2, 0.25) is 5.02 Å². The molecule has 144 valence electrons. The third-order valence-electron chi connectivity index (χ3n) is 4.05. The Morgan fingerprint density at radius 2 is 1.96 bits per heavy atom. The molecule has 0 atom stereocenters. The number of carbonyl (C=O) groups is 2. The molecule has 0 spiro atoms. The van der Waals surface area contributed by atoms with E-state index >= 15 is 0 Å². The van der Waals surface area contributed by atoms with E-state index in [9.17, 15) is 14.4 Å². The van der Waals surface area contributed by atoms with Gasteiger partial charge in [0.25, 0.3) is 11.5 Å². The first-order valence-electron chi connectivity index (χ1n) is 8.66. The van der Waals surface area contributed by atoms with E-state index < -0.39 is 17.4 Å². The molecule has 0 saturated carbocycles. The van der Waals surface area contributed by atoms with E-state index in [2.05, 4.69) is 10.3 Å². The zero-order valence-corrected chi connectivity index (χ0v) is 15.9. The molecule has 3 rings (SSSR count). The molecule has 0 aliphatic heterocycles. The Morgan fingerprint density at radius 3 is 2.68 bits per heavy atom. The molecule has 0 fully saturated rings. The Bertz CT molecular complexity index is 1080. The number of nitrogens with zero attached hydrogens (tertiary/aromatic N) is 2. The number of fused-ring (bicyclic) bond motifs is 1. The second-order valence-electron chi connectivity index (χ2n) is 5.98. The minimum absolute atomic E-state index is 0.0706. The summed E-state index contributed by atoms with van der Waals surface area (Å²) in [6.07, 6.45) is 1.58. The van der Waals surface area contributed by atoms with Crippen molar-refractivity contribution in [2.24, 2.45) is 0 Å². The smallest absolute Gasteiger partial charge is 0.325 e. The molecule has 0 radical (unpaired) electrons. The fraction of sp³-hybridized carbons (Fsp3) is 0.200. The predicted molar refractivity (Wildman–Crippen MR) is 106 cm³/mol. The first-order valence-corrected chi connectivity index (χ1v) is 9.04. The first kappa shape index (κ1) is 19.6. The fourth-order valence-electron chi connectivity index (χ4n) is 2.75. The van der Waals surface area contributed by atoms with Crippen LogP contribution in [0.1, 0.15) is 22.8 Å². The lowest BCUT2D eigenvalue weighted by atomic mass is 10.1. The molecule has 3 aromatic rings. The molecule has 2 aromatic heterocycles. The van der Waals surface area contributed by atoms with E-state index in [-0.39, 0.29) is 25.3 Å². The average Bonchev–Trinajstić information content (AvgIpc) is 2.70. The molecule has 0 saturated heterocycles. The third-order valence-corrected chi connectivity index (χ3v) is 4.30. The zero-order valence-electron chi connectivity index (χ0n) is 15.1. The lowest BCUT2D eigenvalue weighted by Crippen LogP contribution is -2.36. The molecule has 1 aromatic carbocycles. The highest BCUT2D eigenvalue weighted by Crippen LogP contribution is 2.15. The summed E-state index contributed by atoms with van der Waals surface area (Å²) in [6, 6.07) is 12.0. The van der Waals surface area contributed by atoms with Crippen molar-refractivity contribution in [2.75, 3.05) is 13.2 Å². The van der Waals surface area contributed by atoms with Gasteiger partial charge >= 0.3 is 5.97 Å². The van der Waals surface area contributed by atoms with Crippen LogP contribution in [-0.2, 0) is 16.1 Å². The number of hydrogen-bond acceptors (Lipinski definition) is 5. The molecular weight excluding hydrogens is 382 g/mol. The van der Waals surface area contributed by atoms with Crippen molar-refractivity contribution in [2.45, 2.75) is 13.5 Å². The van der Waals surface area contributed by atoms with Gasteiger partial charge in [-0.2, -0.15) is 0 Å². The summed E-state index contributed by atoms with van der Waals surface area (Å²) in [5, 5.41) is 3.65. The maximum Gasteiger partial charge on any atom is 0.325 e. The number of aromatic nitrogens is 2. The maximum atomic E-state index is 13.0. The van der Waals surface area contributed by atoms with Gasteiger partial charge in [-0.15, -0.1) is 0 Å². The van der Waals surface area contributed by atoms with Gasteiger partial charge in [0.2, 0.25) is 0 Å². The van der Waals surface area contributed by atoms with Gasteiger partial charge in [-0.1, -0.05) is 23.7 Å². The molecule has 1 amide bonds. The number of pyridine rings is 2. The van der Waals surface area contributed by atoms with E-state index in [0.717, 1.165) is 5.56 Å². The minimum Gasteiger partial charge on any atom is -0.465 e. The molecule has 2 heterocycles. The molecule has 0 unspecified atom stereocenters. The highest BCUT2D eigenvalue weighted by Gasteiger charge is 2.17. The van der Waals surface area contributed by atoms with Crippen LogP contribution in [0.15, 0.2) is 53.5 Å². The third kappa shape index (κ3) is 4.37. The van der Waals surface area contributed by atoms with Gasteiger partial charge in [0.05, 0.1) is 13.2 Å². The summed E-state index contributed by atoms with van der Waals surface area (Å²) in [5.74, 6) is -1.21. The summed E-state index contributed by atoms with van der Waals surface area (Å²) in [7, 11) is 0. The summed E-state index contributed by atoms with van der Waals surface area (Å²) in [6.45, 7) is 1.80. The molecule has 28 heavy (non-hydrogen) atoms. The van der Waals surface area contributed by atoms with Crippen LogP contribution in [-0.4, -0.2) is 34.6 Å². The van der Waals surface area contributed by atoms with Crippen LogP contribution >= 0.6 is 11.6 Å². The number of nitrogens with one attached hydrogen (secondary N) is 1. The van der Waals surface area contributed by atoms with Gasteiger partial charge in [-0.25, -0.2) is 4.98 Å². The van der Waals surface area contributed by atoms with Gasteiger partial charge in [0.15, 0.2) is 0 Å². The topological polar surface area (TPSA) is 90.3 Å². The Hall–Kier alpha value is -3.19. The monoisotopic (exact) mass is 399 g/mol. The number of carbonyl (C=O) groups excluding carboxylic acids is 2. The van der Waals surface area contributed by atoms with Crippen LogP contribution in [0.25, 0.3) is 11.0 Å². The molecule has 7 nitrogen and oxygen atoms in total. The summed E-state index contributed by atoms with van der Waals surface area (Å²) in [5.41, 5.74) is 0.730. The molecule has 0 aliphatic rings. The number of ether oxygens (including phenoxy) is 1. The van der Waals surface area contributed by atoms with Crippen molar-refractivity contribution < 1.29 is 14.3 Å². The van der Waals surface area contributed by atoms with Crippen molar-refractivity contribution in [3.8, 4) is 0 Å². The highest BCUT2D eigenvalue weighted by molar-refractivity contribution is 6.30. The predicted octanol–water partition coefficient (Wildman–Crippen LogP) is 2.39. The Labute approximate surface area is 165 Å². The number of halogens is 1. The van der Waals surface area contributed by atoms with Crippen molar-refractivity contribution in [3.63, 3.8) is 0 Å². The summed E-state index contributed by atoms with van der Waals surface area (Å²) in [4.78, 5) is 41.2. The number of benzene rings is 1. The van der Waals surface area contributed by atoms with Crippen LogP contribution in [0.5, 0.6) is 0 Å². The van der Waals surface area contributed by atoms with Gasteiger partial charge in [-0.05, 0) is 42.8 Å². The van der Waals surface area contributed by atoms with Crippen molar-refractivity contribution in [3.05, 3.63) is 75.2 Å². The van der Waals surface area contributed by atoms with E-state index in [4.69, 9.17) is 16.3 Å². The number of rotatable bonds is 6. The largest absolute Gasteiger partial charge is 0.465 e. The van der Waals surface area contributed by atoms with Gasteiger partial charge in [0, 0.05) is 16.6 Å². The standard InChI is InChI=1S/C20H18ClN3O4/c1-2-28-17(25)11-23-19(26)16-10-14-4-3-9-22-18(14)24(20(16)27)12-13-5-7-15(21)8-6-13/h3-10H,2,11-12H2,1H3,(H,23,26). The Kier molecular flexibility index (Phi) is 6.06. The normalized spacial score (nSPS) is 10.6. The summed E-state index contributed by atoms with van der Waals surface area (Å²) < 4.78 is 6.21. The molecule has 1 N–H and O–H groups in total. The Morgan fingerprint density at radius 1 is 1.21 bits per heavy atom. The van der Waals surface area contributed by atoms with Gasteiger partial charge in [0.1, 0.15) is 17.8 Å². The second-order valence-corrected chi connectivity index (χ2v) is 6.42. The highest BCUT2D eigenvalue weighted by atomic mass is 35.5. The van der Waals surface area contributed by atoms with Crippen LogP contribution in [0.3, 0.4) is 0 Å². The van der Waals surface area contributed by atoms with Crippen molar-refractivity contribution >= 4 is 34.5 Å². The molecule has 0 bridgehead atoms. The quantitative estimate of drug-likeness (QED) is 0.643. The number of amides is 1. The number of esters is 1.